The fourth-order valence-corrected chi connectivity index (χ4v) is 1.80. The molecule has 0 N–H and O–H groups in total. The average Bonchev–Trinajstić information content (AvgIpc) is 2.40. The number of carbonyl (C=O) groups excluding carboxylic acids is 2. The van der Waals surface area contributed by atoms with Crippen molar-refractivity contribution in [1.29, 1.82) is 0 Å². The normalized spacial score (nSPS) is 10.3. The van der Waals surface area contributed by atoms with Gasteiger partial charge in [0.15, 0.2) is 5.78 Å². The zero-order valence-corrected chi connectivity index (χ0v) is 11.1. The number of hydrogen-bond acceptors (Lipinski definition) is 2. The Balaban J connectivity index is 2.65. The first-order valence-electron chi connectivity index (χ1n) is 6.25. The van der Waals surface area contributed by atoms with Crippen molar-refractivity contribution in [3.63, 3.8) is 0 Å². The lowest BCUT2D eigenvalue weighted by Gasteiger charge is -2.18. The van der Waals surface area contributed by atoms with E-state index in [2.05, 4.69) is 0 Å². The smallest absolute Gasteiger partial charge is 0.223 e. The molecule has 0 fully saturated rings. The number of Topliss-reactive ketones (excluding diaryl/α,β-unsaturated/α-hetero) is 1. The zero-order chi connectivity index (χ0) is 14.4. The van der Waals surface area contributed by atoms with Gasteiger partial charge in [0.05, 0.1) is 5.56 Å². The number of rotatable bonds is 6. The van der Waals surface area contributed by atoms with Crippen molar-refractivity contribution in [2.45, 2.75) is 26.7 Å². The highest BCUT2D eigenvalue weighted by molar-refractivity contribution is 5.98. The summed E-state index contributed by atoms with van der Waals surface area (Å²) in [5.41, 5.74) is -0.299. The largest absolute Gasteiger partial charge is 0.343 e. The third kappa shape index (κ3) is 4.12. The summed E-state index contributed by atoms with van der Waals surface area (Å²) < 4.78 is 26.3. The van der Waals surface area contributed by atoms with Crippen molar-refractivity contribution in [2.75, 3.05) is 13.1 Å². The summed E-state index contributed by atoms with van der Waals surface area (Å²) in [4.78, 5) is 25.0. The van der Waals surface area contributed by atoms with Gasteiger partial charge in [-0.3, -0.25) is 9.59 Å². The summed E-state index contributed by atoms with van der Waals surface area (Å²) in [7, 11) is 0. The van der Waals surface area contributed by atoms with Gasteiger partial charge in [-0.25, -0.2) is 8.78 Å². The molecule has 0 bridgehead atoms. The van der Waals surface area contributed by atoms with E-state index in [4.69, 9.17) is 0 Å². The molecule has 0 unspecified atom stereocenters. The number of benzene rings is 1. The Bertz CT molecular complexity index is 471. The highest BCUT2D eigenvalue weighted by atomic mass is 19.1. The van der Waals surface area contributed by atoms with Gasteiger partial charge < -0.3 is 4.90 Å². The van der Waals surface area contributed by atoms with Gasteiger partial charge in [-0.2, -0.15) is 0 Å². The molecule has 104 valence electrons. The van der Waals surface area contributed by atoms with Crippen LogP contribution in [-0.2, 0) is 4.79 Å². The Morgan fingerprint density at radius 3 is 2.32 bits per heavy atom. The van der Waals surface area contributed by atoms with Gasteiger partial charge >= 0.3 is 0 Å². The molecule has 0 atom stereocenters. The maximum absolute atomic E-state index is 13.4. The molecule has 0 aromatic heterocycles. The number of hydrogen-bond donors (Lipinski definition) is 0. The molecule has 1 rings (SSSR count). The van der Waals surface area contributed by atoms with Crippen LogP contribution >= 0.6 is 0 Å². The van der Waals surface area contributed by atoms with Crippen molar-refractivity contribution >= 4 is 11.7 Å². The summed E-state index contributed by atoms with van der Waals surface area (Å²) in [6.07, 6.45) is -0.105. The third-order valence-corrected chi connectivity index (χ3v) is 2.91. The van der Waals surface area contributed by atoms with Crippen molar-refractivity contribution in [3.8, 4) is 0 Å². The molecule has 5 heteroatoms. The monoisotopic (exact) mass is 269 g/mol. The van der Waals surface area contributed by atoms with Gasteiger partial charge in [0.25, 0.3) is 0 Å². The first-order valence-corrected chi connectivity index (χ1v) is 6.25. The minimum absolute atomic E-state index is 0.0104. The molecule has 0 saturated carbocycles. The quantitative estimate of drug-likeness (QED) is 0.745. The lowest BCUT2D eigenvalue weighted by molar-refractivity contribution is -0.130. The predicted octanol–water partition coefficient (Wildman–Crippen LogP) is 2.80. The standard InChI is InChI=1S/C14H17F2NO2/c1-3-17(4-2)14(19)8-7-13(18)11-9-10(15)5-6-12(11)16/h5-6,9H,3-4,7-8H2,1-2H3. The van der Waals surface area contributed by atoms with Crippen LogP contribution in [0.3, 0.4) is 0 Å². The van der Waals surface area contributed by atoms with E-state index in [-0.39, 0.29) is 24.3 Å². The summed E-state index contributed by atoms with van der Waals surface area (Å²) in [5, 5.41) is 0. The number of amides is 1. The zero-order valence-electron chi connectivity index (χ0n) is 11.1. The number of ketones is 1. The maximum atomic E-state index is 13.4. The van der Waals surface area contributed by atoms with E-state index in [9.17, 15) is 18.4 Å². The molecular weight excluding hydrogens is 252 g/mol. The highest BCUT2D eigenvalue weighted by Gasteiger charge is 2.16. The SMILES string of the molecule is CCN(CC)C(=O)CCC(=O)c1cc(F)ccc1F. The van der Waals surface area contributed by atoms with Crippen LogP contribution in [0.15, 0.2) is 18.2 Å². The average molecular weight is 269 g/mol. The van der Waals surface area contributed by atoms with E-state index < -0.39 is 17.4 Å². The van der Waals surface area contributed by atoms with Crippen LogP contribution in [0.1, 0.15) is 37.0 Å². The Morgan fingerprint density at radius 2 is 1.74 bits per heavy atom. The topological polar surface area (TPSA) is 37.4 Å². The van der Waals surface area contributed by atoms with Crippen LogP contribution < -0.4 is 0 Å². The summed E-state index contributed by atoms with van der Waals surface area (Å²) in [5.74, 6) is -2.14. The number of halogens is 2. The molecule has 0 aliphatic carbocycles. The maximum Gasteiger partial charge on any atom is 0.223 e. The summed E-state index contributed by atoms with van der Waals surface area (Å²) in [6, 6.07) is 2.72. The van der Waals surface area contributed by atoms with Gasteiger partial charge in [0.1, 0.15) is 11.6 Å². The minimum atomic E-state index is -0.762. The van der Waals surface area contributed by atoms with Crippen LogP contribution in [-0.4, -0.2) is 29.7 Å². The van der Waals surface area contributed by atoms with Crippen LogP contribution in [0.5, 0.6) is 0 Å². The van der Waals surface area contributed by atoms with Crippen LogP contribution in [0, 0.1) is 11.6 Å². The van der Waals surface area contributed by atoms with Crippen molar-refractivity contribution in [3.05, 3.63) is 35.4 Å². The second-order valence-electron chi connectivity index (χ2n) is 4.11. The van der Waals surface area contributed by atoms with E-state index in [1.165, 1.54) is 0 Å². The molecule has 0 aliphatic rings. The first kappa shape index (κ1) is 15.3. The molecule has 0 heterocycles. The van der Waals surface area contributed by atoms with Gasteiger partial charge in [0, 0.05) is 25.9 Å². The van der Waals surface area contributed by atoms with Crippen molar-refractivity contribution in [2.24, 2.45) is 0 Å². The van der Waals surface area contributed by atoms with Crippen LogP contribution in [0.2, 0.25) is 0 Å². The Labute approximate surface area is 111 Å². The van der Waals surface area contributed by atoms with Crippen molar-refractivity contribution < 1.29 is 18.4 Å². The highest BCUT2D eigenvalue weighted by Crippen LogP contribution is 2.13. The number of carbonyl (C=O) groups is 2. The fraction of sp³-hybridized carbons (Fsp3) is 0.429. The second kappa shape index (κ2) is 6.97. The van der Waals surface area contributed by atoms with E-state index in [0.717, 1.165) is 18.2 Å². The molecule has 1 aromatic rings. The van der Waals surface area contributed by atoms with Gasteiger partial charge in [0.2, 0.25) is 5.91 Å². The van der Waals surface area contributed by atoms with Crippen molar-refractivity contribution in [1.82, 2.24) is 4.90 Å². The lowest BCUT2D eigenvalue weighted by atomic mass is 10.1. The Hall–Kier alpha value is -1.78. The summed E-state index contributed by atoms with van der Waals surface area (Å²) >= 11 is 0. The van der Waals surface area contributed by atoms with Gasteiger partial charge in [-0.05, 0) is 32.0 Å². The second-order valence-corrected chi connectivity index (χ2v) is 4.11. The molecule has 1 aromatic carbocycles. The molecule has 19 heavy (non-hydrogen) atoms. The number of nitrogens with zero attached hydrogens (tertiary/aromatic N) is 1. The lowest BCUT2D eigenvalue weighted by Crippen LogP contribution is -2.30. The van der Waals surface area contributed by atoms with Crippen LogP contribution in [0.4, 0.5) is 8.78 Å². The van der Waals surface area contributed by atoms with E-state index in [1.807, 2.05) is 13.8 Å². The Morgan fingerprint density at radius 1 is 1.11 bits per heavy atom. The molecule has 0 spiro atoms. The molecule has 0 radical (unpaired) electrons. The minimum Gasteiger partial charge on any atom is -0.343 e. The first-order chi connectivity index (χ1) is 8.99. The van der Waals surface area contributed by atoms with Gasteiger partial charge in [-0.15, -0.1) is 0 Å². The molecule has 0 aliphatic heterocycles. The molecule has 0 saturated heterocycles. The fourth-order valence-electron chi connectivity index (χ4n) is 1.80. The molecule has 3 nitrogen and oxygen atoms in total. The molecule has 1 amide bonds. The van der Waals surface area contributed by atoms with E-state index in [1.54, 1.807) is 4.90 Å². The predicted molar refractivity (Wildman–Crippen MR) is 67.9 cm³/mol. The van der Waals surface area contributed by atoms with Crippen LogP contribution in [0.25, 0.3) is 0 Å². The summed E-state index contributed by atoms with van der Waals surface area (Å²) in [6.45, 7) is 4.82. The van der Waals surface area contributed by atoms with E-state index >= 15 is 0 Å². The van der Waals surface area contributed by atoms with E-state index in [0.29, 0.717) is 13.1 Å². The Kier molecular flexibility index (Phi) is 5.60. The van der Waals surface area contributed by atoms with Gasteiger partial charge in [-0.1, -0.05) is 0 Å². The third-order valence-electron chi connectivity index (χ3n) is 2.91. The molecular formula is C14H17F2NO2.